The zero-order chi connectivity index (χ0) is 14.8. The van der Waals surface area contributed by atoms with E-state index in [1.54, 1.807) is 13.1 Å². The first-order valence-electron chi connectivity index (χ1n) is 7.27. The number of imidazole rings is 1. The van der Waals surface area contributed by atoms with E-state index in [-0.39, 0.29) is 5.97 Å². The number of carbonyl (C=O) groups is 1. The molecule has 0 unspecified atom stereocenters. The van der Waals surface area contributed by atoms with Gasteiger partial charge in [0.1, 0.15) is 5.65 Å². The van der Waals surface area contributed by atoms with Crippen LogP contribution in [0.2, 0.25) is 0 Å². The van der Waals surface area contributed by atoms with Gasteiger partial charge in [0.25, 0.3) is 0 Å². The fourth-order valence-electron chi connectivity index (χ4n) is 2.54. The highest BCUT2D eigenvalue weighted by molar-refractivity contribution is 5.88. The summed E-state index contributed by atoms with van der Waals surface area (Å²) in [6.07, 6.45) is 3.75. The molecular formula is C15H20N4O2. The van der Waals surface area contributed by atoms with Crippen LogP contribution < -0.4 is 4.90 Å². The summed E-state index contributed by atoms with van der Waals surface area (Å²) in [6.45, 7) is 6.31. The van der Waals surface area contributed by atoms with Crippen molar-refractivity contribution >= 4 is 17.3 Å². The highest BCUT2D eigenvalue weighted by Gasteiger charge is 2.16. The van der Waals surface area contributed by atoms with Crippen molar-refractivity contribution in [2.75, 3.05) is 44.7 Å². The van der Waals surface area contributed by atoms with Crippen molar-refractivity contribution in [2.45, 2.75) is 6.92 Å². The fraction of sp³-hybridized carbons (Fsp3) is 0.467. The number of rotatable bonds is 3. The van der Waals surface area contributed by atoms with Crippen LogP contribution in [0.5, 0.6) is 0 Å². The van der Waals surface area contributed by atoms with E-state index in [4.69, 9.17) is 4.74 Å². The number of pyridine rings is 1. The maximum Gasteiger partial charge on any atom is 0.358 e. The molecule has 3 heterocycles. The molecule has 0 saturated carbocycles. The lowest BCUT2D eigenvalue weighted by atomic mass is 10.3. The van der Waals surface area contributed by atoms with Gasteiger partial charge in [0, 0.05) is 38.6 Å². The van der Waals surface area contributed by atoms with Gasteiger partial charge in [-0.15, -0.1) is 0 Å². The number of piperazine rings is 1. The third kappa shape index (κ3) is 2.85. The second-order valence-electron chi connectivity index (χ2n) is 5.29. The lowest BCUT2D eigenvalue weighted by Gasteiger charge is -2.33. The Hall–Kier alpha value is -2.08. The molecule has 0 amide bonds. The lowest BCUT2D eigenvalue weighted by Crippen LogP contribution is -2.44. The Morgan fingerprint density at radius 3 is 2.71 bits per heavy atom. The summed E-state index contributed by atoms with van der Waals surface area (Å²) in [7, 11) is 2.14. The third-order valence-electron chi connectivity index (χ3n) is 3.79. The van der Waals surface area contributed by atoms with Gasteiger partial charge in [-0.05, 0) is 26.1 Å². The van der Waals surface area contributed by atoms with Gasteiger partial charge in [-0.1, -0.05) is 0 Å². The maximum atomic E-state index is 11.7. The Bertz CT molecular complexity index is 644. The predicted octanol–water partition coefficient (Wildman–Crippen LogP) is 1.26. The van der Waals surface area contributed by atoms with Crippen molar-refractivity contribution in [1.82, 2.24) is 14.3 Å². The quantitative estimate of drug-likeness (QED) is 0.796. The minimum Gasteiger partial charge on any atom is -0.461 e. The molecule has 1 fully saturated rings. The molecular weight excluding hydrogens is 268 g/mol. The lowest BCUT2D eigenvalue weighted by molar-refractivity contribution is 0.0520. The van der Waals surface area contributed by atoms with Crippen LogP contribution in [-0.2, 0) is 4.74 Å². The second-order valence-corrected chi connectivity index (χ2v) is 5.29. The number of hydrogen-bond acceptors (Lipinski definition) is 5. The summed E-state index contributed by atoms with van der Waals surface area (Å²) in [4.78, 5) is 20.7. The van der Waals surface area contributed by atoms with Gasteiger partial charge < -0.3 is 18.9 Å². The molecule has 0 atom stereocenters. The first kappa shape index (κ1) is 13.9. The van der Waals surface area contributed by atoms with Crippen molar-refractivity contribution in [3.8, 4) is 0 Å². The average Bonchev–Trinajstić information content (AvgIpc) is 2.91. The number of nitrogens with zero attached hydrogens (tertiary/aromatic N) is 4. The highest BCUT2D eigenvalue weighted by Crippen LogP contribution is 2.18. The molecule has 0 N–H and O–H groups in total. The van der Waals surface area contributed by atoms with Crippen LogP contribution in [-0.4, -0.2) is 60.1 Å². The minimum absolute atomic E-state index is 0.354. The van der Waals surface area contributed by atoms with E-state index in [9.17, 15) is 4.79 Å². The number of fused-ring (bicyclic) bond motifs is 1. The Balaban J connectivity index is 1.84. The molecule has 0 spiro atoms. The molecule has 0 aromatic carbocycles. The topological polar surface area (TPSA) is 50.1 Å². The van der Waals surface area contributed by atoms with Gasteiger partial charge in [-0.3, -0.25) is 0 Å². The molecule has 21 heavy (non-hydrogen) atoms. The fourth-order valence-corrected chi connectivity index (χ4v) is 2.54. The van der Waals surface area contributed by atoms with E-state index < -0.39 is 0 Å². The molecule has 6 nitrogen and oxygen atoms in total. The summed E-state index contributed by atoms with van der Waals surface area (Å²) >= 11 is 0. The third-order valence-corrected chi connectivity index (χ3v) is 3.79. The molecule has 2 aromatic heterocycles. The normalized spacial score (nSPS) is 16.4. The Morgan fingerprint density at radius 1 is 1.24 bits per heavy atom. The molecule has 1 saturated heterocycles. The number of hydrogen-bond donors (Lipinski definition) is 0. The van der Waals surface area contributed by atoms with Crippen molar-refractivity contribution < 1.29 is 9.53 Å². The van der Waals surface area contributed by atoms with E-state index in [1.165, 1.54) is 0 Å². The minimum atomic E-state index is -0.373. The Labute approximate surface area is 123 Å². The standard InChI is InChI=1S/C15H20N4O2/c1-3-21-15(20)13-11-19-10-12(4-5-14(19)16-13)18-8-6-17(2)7-9-18/h4-5,10-11H,3,6-9H2,1-2H3. The van der Waals surface area contributed by atoms with E-state index in [2.05, 4.69) is 27.9 Å². The molecule has 112 valence electrons. The number of aromatic nitrogens is 2. The van der Waals surface area contributed by atoms with Crippen molar-refractivity contribution in [3.05, 3.63) is 30.2 Å². The SMILES string of the molecule is CCOC(=O)c1cn2cc(N3CCN(C)CC3)ccc2n1. The van der Waals surface area contributed by atoms with Crippen LogP contribution in [0.15, 0.2) is 24.5 Å². The van der Waals surface area contributed by atoms with Crippen molar-refractivity contribution in [2.24, 2.45) is 0 Å². The van der Waals surface area contributed by atoms with Gasteiger partial charge in [0.2, 0.25) is 0 Å². The van der Waals surface area contributed by atoms with E-state index in [0.717, 1.165) is 37.5 Å². The van der Waals surface area contributed by atoms with Crippen molar-refractivity contribution in [1.29, 1.82) is 0 Å². The van der Waals surface area contributed by atoms with Gasteiger partial charge in [0.05, 0.1) is 12.3 Å². The monoisotopic (exact) mass is 288 g/mol. The average molecular weight is 288 g/mol. The maximum absolute atomic E-state index is 11.7. The smallest absolute Gasteiger partial charge is 0.358 e. The first-order chi connectivity index (χ1) is 10.2. The molecule has 0 bridgehead atoms. The summed E-state index contributed by atoms with van der Waals surface area (Å²) in [6, 6.07) is 4.00. The number of likely N-dealkylation sites (N-methyl/N-ethyl adjacent to an activating group) is 1. The highest BCUT2D eigenvalue weighted by atomic mass is 16.5. The first-order valence-corrected chi connectivity index (χ1v) is 7.27. The van der Waals surface area contributed by atoms with E-state index in [1.807, 2.05) is 16.7 Å². The van der Waals surface area contributed by atoms with Crippen LogP contribution in [0, 0.1) is 0 Å². The largest absolute Gasteiger partial charge is 0.461 e. The van der Waals surface area contributed by atoms with Crippen LogP contribution >= 0.6 is 0 Å². The van der Waals surface area contributed by atoms with Crippen LogP contribution in [0.3, 0.4) is 0 Å². The molecule has 3 rings (SSSR count). The van der Waals surface area contributed by atoms with Gasteiger partial charge >= 0.3 is 5.97 Å². The van der Waals surface area contributed by atoms with Crippen molar-refractivity contribution in [3.63, 3.8) is 0 Å². The molecule has 1 aliphatic rings. The Morgan fingerprint density at radius 2 is 2.00 bits per heavy atom. The molecule has 0 aliphatic carbocycles. The second kappa shape index (κ2) is 5.73. The number of ether oxygens (including phenoxy) is 1. The summed E-state index contributed by atoms with van der Waals surface area (Å²) in [5.74, 6) is -0.373. The zero-order valence-corrected chi connectivity index (χ0v) is 12.5. The number of carbonyl (C=O) groups excluding carboxylic acids is 1. The molecule has 1 aliphatic heterocycles. The van der Waals surface area contributed by atoms with Crippen LogP contribution in [0.4, 0.5) is 5.69 Å². The molecule has 6 heteroatoms. The Kier molecular flexibility index (Phi) is 3.79. The summed E-state index contributed by atoms with van der Waals surface area (Å²) < 4.78 is 6.87. The molecule has 0 radical (unpaired) electrons. The van der Waals surface area contributed by atoms with Gasteiger partial charge in [0.15, 0.2) is 5.69 Å². The predicted molar refractivity (Wildman–Crippen MR) is 80.9 cm³/mol. The van der Waals surface area contributed by atoms with E-state index in [0.29, 0.717) is 12.3 Å². The van der Waals surface area contributed by atoms with E-state index >= 15 is 0 Å². The summed E-state index contributed by atoms with van der Waals surface area (Å²) in [5, 5.41) is 0. The number of esters is 1. The number of anilines is 1. The molecule has 2 aromatic rings. The van der Waals surface area contributed by atoms with Gasteiger partial charge in [-0.2, -0.15) is 0 Å². The zero-order valence-electron chi connectivity index (χ0n) is 12.5. The summed E-state index contributed by atoms with van der Waals surface area (Å²) in [5.41, 5.74) is 2.27. The van der Waals surface area contributed by atoms with Gasteiger partial charge in [-0.25, -0.2) is 9.78 Å². The van der Waals surface area contributed by atoms with Crippen LogP contribution in [0.1, 0.15) is 17.4 Å². The van der Waals surface area contributed by atoms with Crippen LogP contribution in [0.25, 0.3) is 5.65 Å².